The summed E-state index contributed by atoms with van der Waals surface area (Å²) in [7, 11) is 1.32. The highest BCUT2D eigenvalue weighted by Crippen LogP contribution is 2.45. The predicted molar refractivity (Wildman–Crippen MR) is 124 cm³/mol. The molecule has 5 rings (SSSR count). The summed E-state index contributed by atoms with van der Waals surface area (Å²) >= 11 is 0. The average molecular weight is 487 g/mol. The smallest absolute Gasteiger partial charge is 0.274 e. The van der Waals surface area contributed by atoms with Crippen LogP contribution in [0, 0.1) is 11.6 Å². The maximum atomic E-state index is 14.1. The molecule has 1 aromatic carbocycles. The van der Waals surface area contributed by atoms with Crippen LogP contribution in [0.5, 0.6) is 5.75 Å². The van der Waals surface area contributed by atoms with E-state index in [0.29, 0.717) is 25.2 Å². The van der Waals surface area contributed by atoms with Crippen molar-refractivity contribution in [1.29, 1.82) is 0 Å². The first-order valence-electron chi connectivity index (χ1n) is 12.0. The van der Waals surface area contributed by atoms with Gasteiger partial charge in [-0.3, -0.25) is 19.3 Å². The largest absolute Gasteiger partial charge is 0.491 e. The number of methoxy groups -OCH3 is 1. The lowest BCUT2D eigenvalue weighted by Crippen LogP contribution is -2.45. The number of aromatic nitrogens is 1. The Morgan fingerprint density at radius 3 is 2.60 bits per heavy atom. The Kier molecular flexibility index (Phi) is 6.08. The summed E-state index contributed by atoms with van der Waals surface area (Å²) < 4.78 is 34.6. The van der Waals surface area contributed by atoms with Gasteiger partial charge in [0.2, 0.25) is 5.43 Å². The summed E-state index contributed by atoms with van der Waals surface area (Å²) in [6, 6.07) is 2.84. The molecule has 0 saturated carbocycles. The number of ether oxygens (including phenoxy) is 1. The fourth-order valence-electron chi connectivity index (χ4n) is 5.70. The molecule has 1 unspecified atom stereocenters. The molecular formula is C25H28F2N4O4. The van der Waals surface area contributed by atoms with E-state index in [4.69, 9.17) is 4.74 Å². The Labute approximate surface area is 201 Å². The van der Waals surface area contributed by atoms with Crippen LogP contribution >= 0.6 is 0 Å². The molecule has 2 amide bonds. The number of benzene rings is 1. The normalized spacial score (nSPS) is 21.4. The Hall–Kier alpha value is -3.27. The van der Waals surface area contributed by atoms with Crippen molar-refractivity contribution in [3.63, 3.8) is 0 Å². The Morgan fingerprint density at radius 1 is 1.20 bits per heavy atom. The van der Waals surface area contributed by atoms with Crippen molar-refractivity contribution in [3.8, 4) is 5.75 Å². The highest BCUT2D eigenvalue weighted by atomic mass is 19.1. The van der Waals surface area contributed by atoms with Gasteiger partial charge in [0.15, 0.2) is 11.4 Å². The highest BCUT2D eigenvalue weighted by molar-refractivity contribution is 6.00. The molecule has 35 heavy (non-hydrogen) atoms. The Balaban J connectivity index is 1.62. The molecule has 0 bridgehead atoms. The monoisotopic (exact) mass is 486 g/mol. The van der Waals surface area contributed by atoms with Crippen LogP contribution in [0.4, 0.5) is 8.78 Å². The topological polar surface area (TPSA) is 83.9 Å². The van der Waals surface area contributed by atoms with Crippen molar-refractivity contribution >= 4 is 11.8 Å². The molecule has 1 fully saturated rings. The van der Waals surface area contributed by atoms with Gasteiger partial charge in [0.05, 0.1) is 24.9 Å². The summed E-state index contributed by atoms with van der Waals surface area (Å²) in [4.78, 5) is 44.3. The third kappa shape index (κ3) is 3.80. The maximum Gasteiger partial charge on any atom is 0.274 e. The second-order valence-electron chi connectivity index (χ2n) is 9.25. The summed E-state index contributed by atoms with van der Waals surface area (Å²) in [6.07, 6.45) is 2.73. The number of hydrogen-bond donors (Lipinski definition) is 1. The number of hydrogen-bond acceptors (Lipinski definition) is 5. The predicted octanol–water partition coefficient (Wildman–Crippen LogP) is 2.62. The van der Waals surface area contributed by atoms with Crippen molar-refractivity contribution in [2.45, 2.75) is 44.8 Å². The lowest BCUT2D eigenvalue weighted by Gasteiger charge is -2.34. The van der Waals surface area contributed by atoms with Crippen LogP contribution in [-0.2, 0) is 6.54 Å². The molecule has 1 aromatic heterocycles. The van der Waals surface area contributed by atoms with Crippen LogP contribution < -0.4 is 15.5 Å². The number of nitrogens with one attached hydrogen (secondary N) is 1. The molecule has 186 valence electrons. The van der Waals surface area contributed by atoms with Gasteiger partial charge in [0, 0.05) is 31.3 Å². The van der Waals surface area contributed by atoms with Crippen molar-refractivity contribution in [3.05, 3.63) is 62.6 Å². The summed E-state index contributed by atoms with van der Waals surface area (Å²) in [5.74, 6) is -2.61. The summed E-state index contributed by atoms with van der Waals surface area (Å²) in [5.41, 5.74) is 0.0866. The standard InChI is InChI=1S/C25H28F2N4O4/c1-3-29-13-16-11-18(30-8-4-5-9-30)20-19(22(32)23(35-2)21(25(29)34)31(16)20)24(33)28-12-14-6-7-15(26)10-17(14)27/h6-7,10,16,18H,3-5,8-9,11-13H2,1-2H3,(H,28,33)/t16-,18?/m0/s1. The zero-order valence-corrected chi connectivity index (χ0v) is 19.8. The number of carbonyl (C=O) groups excluding carboxylic acids is 2. The third-order valence-electron chi connectivity index (χ3n) is 7.35. The molecule has 10 heteroatoms. The van der Waals surface area contributed by atoms with Crippen LogP contribution in [0.25, 0.3) is 0 Å². The number of pyridine rings is 1. The molecule has 0 spiro atoms. The maximum absolute atomic E-state index is 14.1. The van der Waals surface area contributed by atoms with E-state index >= 15 is 0 Å². The van der Waals surface area contributed by atoms with E-state index in [9.17, 15) is 23.2 Å². The first kappa shape index (κ1) is 23.5. The van der Waals surface area contributed by atoms with Crippen molar-refractivity contribution in [2.75, 3.05) is 33.3 Å². The van der Waals surface area contributed by atoms with Gasteiger partial charge in [-0.1, -0.05) is 6.07 Å². The second-order valence-corrected chi connectivity index (χ2v) is 9.25. The molecule has 0 aliphatic carbocycles. The van der Waals surface area contributed by atoms with Crippen LogP contribution in [0.3, 0.4) is 0 Å². The van der Waals surface area contributed by atoms with E-state index in [0.717, 1.165) is 38.1 Å². The van der Waals surface area contributed by atoms with Gasteiger partial charge in [-0.05, 0) is 45.3 Å². The van der Waals surface area contributed by atoms with Gasteiger partial charge < -0.3 is 19.5 Å². The van der Waals surface area contributed by atoms with Gasteiger partial charge in [0.25, 0.3) is 11.8 Å². The van der Waals surface area contributed by atoms with Crippen molar-refractivity contribution in [2.24, 2.45) is 0 Å². The molecule has 3 aliphatic rings. The highest BCUT2D eigenvalue weighted by Gasteiger charge is 2.47. The first-order chi connectivity index (χ1) is 16.8. The molecule has 8 nitrogen and oxygen atoms in total. The fourth-order valence-corrected chi connectivity index (χ4v) is 5.70. The minimum Gasteiger partial charge on any atom is -0.491 e. The van der Waals surface area contributed by atoms with E-state index in [1.54, 1.807) is 4.90 Å². The molecule has 0 radical (unpaired) electrons. The number of carbonyl (C=O) groups is 2. The lowest BCUT2D eigenvalue weighted by atomic mass is 10.0. The minimum atomic E-state index is -0.783. The van der Waals surface area contributed by atoms with Crippen LogP contribution in [0.1, 0.15) is 70.4 Å². The zero-order chi connectivity index (χ0) is 24.9. The molecule has 2 aromatic rings. The average Bonchev–Trinajstić information content (AvgIpc) is 3.49. The minimum absolute atomic E-state index is 0.0785. The quantitative estimate of drug-likeness (QED) is 0.679. The second kappa shape index (κ2) is 9.07. The van der Waals surface area contributed by atoms with Gasteiger partial charge >= 0.3 is 0 Å². The molecule has 1 N–H and O–H groups in total. The van der Waals surface area contributed by atoms with Gasteiger partial charge in [-0.15, -0.1) is 0 Å². The zero-order valence-electron chi connectivity index (χ0n) is 19.8. The van der Waals surface area contributed by atoms with Gasteiger partial charge in [-0.25, -0.2) is 8.78 Å². The van der Waals surface area contributed by atoms with Crippen LogP contribution in [-0.4, -0.2) is 59.5 Å². The van der Waals surface area contributed by atoms with E-state index in [-0.39, 0.29) is 47.1 Å². The Morgan fingerprint density at radius 2 is 1.94 bits per heavy atom. The number of amides is 2. The van der Waals surface area contributed by atoms with Crippen molar-refractivity contribution < 1.29 is 23.1 Å². The van der Waals surface area contributed by atoms with E-state index in [2.05, 4.69) is 10.2 Å². The Bertz CT molecular complexity index is 1260. The van der Waals surface area contributed by atoms with Gasteiger partial charge in [0.1, 0.15) is 17.2 Å². The van der Waals surface area contributed by atoms with E-state index in [1.165, 1.54) is 13.2 Å². The molecular weight excluding hydrogens is 458 g/mol. The van der Waals surface area contributed by atoms with Crippen molar-refractivity contribution in [1.82, 2.24) is 19.7 Å². The van der Waals surface area contributed by atoms with E-state index in [1.807, 2.05) is 11.5 Å². The van der Waals surface area contributed by atoms with Crippen LogP contribution in [0.15, 0.2) is 23.0 Å². The molecule has 4 heterocycles. The molecule has 3 aliphatic heterocycles. The van der Waals surface area contributed by atoms with E-state index < -0.39 is 23.0 Å². The lowest BCUT2D eigenvalue weighted by molar-refractivity contribution is 0.0672. The number of halogens is 2. The van der Waals surface area contributed by atoms with Gasteiger partial charge in [-0.2, -0.15) is 0 Å². The third-order valence-corrected chi connectivity index (χ3v) is 7.35. The number of rotatable bonds is 6. The number of likely N-dealkylation sites (N-methyl/N-ethyl adjacent to an activating group) is 1. The summed E-state index contributed by atoms with van der Waals surface area (Å²) in [6.45, 7) is 4.37. The molecule has 2 atom stereocenters. The number of likely N-dealkylation sites (tertiary alicyclic amines) is 1. The first-order valence-corrected chi connectivity index (χ1v) is 12.0. The van der Waals surface area contributed by atoms with Crippen LogP contribution in [0.2, 0.25) is 0 Å². The fraction of sp³-hybridized carbons (Fsp3) is 0.480. The molecule has 1 saturated heterocycles. The number of nitrogens with zero attached hydrogens (tertiary/aromatic N) is 3. The summed E-state index contributed by atoms with van der Waals surface area (Å²) in [5, 5.41) is 2.63. The SMILES string of the molecule is CCN1C[C@@H]2CC(N3CCCC3)c3c(C(=O)NCc4ccc(F)cc4F)c(=O)c(OC)c(n32)C1=O.